The van der Waals surface area contributed by atoms with E-state index in [1.807, 2.05) is 24.3 Å². The third-order valence-electron chi connectivity index (χ3n) is 7.31. The lowest BCUT2D eigenvalue weighted by Crippen LogP contribution is -2.51. The lowest BCUT2D eigenvalue weighted by Gasteiger charge is -2.29. The maximum absolute atomic E-state index is 15.4. The number of hydrogen-bond donors (Lipinski definition) is 3. The Kier molecular flexibility index (Phi) is 10.3. The van der Waals surface area contributed by atoms with Crippen molar-refractivity contribution in [1.29, 1.82) is 0 Å². The van der Waals surface area contributed by atoms with E-state index in [1.54, 1.807) is 20.8 Å². The van der Waals surface area contributed by atoms with Crippen molar-refractivity contribution in [3.63, 3.8) is 0 Å². The quantitative estimate of drug-likeness (QED) is 0.300. The molecule has 3 amide bonds. The monoisotopic (exact) mass is 586 g/mol. The average Bonchev–Trinajstić information content (AvgIpc) is 3.75. The molecule has 0 saturated heterocycles. The molecule has 0 heterocycles. The normalized spacial score (nSPS) is 17.3. The maximum Gasteiger partial charge on any atom is 0.408 e. The number of carbonyl (C=O) groups is 3. The Morgan fingerprint density at radius 3 is 2.10 bits per heavy atom. The summed E-state index contributed by atoms with van der Waals surface area (Å²) in [7, 11) is 3.66. The number of halogens is 4. The molecule has 2 fully saturated rings. The zero-order valence-electron chi connectivity index (χ0n) is 24.6. The summed E-state index contributed by atoms with van der Waals surface area (Å²) < 4.78 is 58.8. The van der Waals surface area contributed by atoms with Gasteiger partial charge >= 0.3 is 12.3 Å². The van der Waals surface area contributed by atoms with Crippen molar-refractivity contribution in [2.75, 3.05) is 32.5 Å². The van der Waals surface area contributed by atoms with Gasteiger partial charge in [-0.3, -0.25) is 9.59 Å². The van der Waals surface area contributed by atoms with Crippen molar-refractivity contribution in [2.45, 2.75) is 83.5 Å². The Balaban J connectivity index is 1.88. The number of alkyl carbamates (subject to hydrolysis) is 1. The molecule has 41 heavy (non-hydrogen) atoms. The highest BCUT2D eigenvalue weighted by molar-refractivity contribution is 5.97. The topological polar surface area (TPSA) is 99.8 Å². The number of anilines is 1. The molecule has 3 rings (SSSR count). The van der Waals surface area contributed by atoms with Crippen LogP contribution in [-0.2, 0) is 20.7 Å². The van der Waals surface area contributed by atoms with Gasteiger partial charge in [-0.1, -0.05) is 0 Å². The molecule has 0 unspecified atom stereocenters. The molecule has 0 aliphatic heterocycles. The van der Waals surface area contributed by atoms with Gasteiger partial charge in [0.25, 0.3) is 0 Å². The minimum absolute atomic E-state index is 0.101. The molecule has 1 aromatic rings. The first-order chi connectivity index (χ1) is 18.9. The first-order valence-electron chi connectivity index (χ1n) is 14.1. The van der Waals surface area contributed by atoms with Crippen LogP contribution in [0, 0.1) is 23.6 Å². The first kappa shape index (κ1) is 32.6. The number of likely N-dealkylation sites (N-methyl/N-ethyl adjacent to an activating group) is 1. The number of hydrogen-bond acceptors (Lipinski definition) is 5. The summed E-state index contributed by atoms with van der Waals surface area (Å²) in [6, 6.07) is 1.59. The Morgan fingerprint density at radius 2 is 1.61 bits per heavy atom. The summed E-state index contributed by atoms with van der Waals surface area (Å²) in [6.07, 6.45) is -1.15. The molecule has 2 aliphatic rings. The second-order valence-corrected chi connectivity index (χ2v) is 12.5. The molecule has 8 nitrogen and oxygen atoms in total. The smallest absolute Gasteiger partial charge is 0.408 e. The predicted molar refractivity (Wildman–Crippen MR) is 147 cm³/mol. The fourth-order valence-corrected chi connectivity index (χ4v) is 5.05. The van der Waals surface area contributed by atoms with Crippen molar-refractivity contribution in [2.24, 2.45) is 17.8 Å². The van der Waals surface area contributed by atoms with E-state index in [-0.39, 0.29) is 29.0 Å². The van der Waals surface area contributed by atoms with Gasteiger partial charge in [-0.25, -0.2) is 9.18 Å². The number of alkyl halides is 3. The van der Waals surface area contributed by atoms with E-state index in [0.717, 1.165) is 31.7 Å². The molecule has 1 aromatic carbocycles. The summed E-state index contributed by atoms with van der Waals surface area (Å²) >= 11 is 0. The van der Waals surface area contributed by atoms with E-state index in [2.05, 4.69) is 10.6 Å². The average molecular weight is 587 g/mol. The van der Waals surface area contributed by atoms with Crippen LogP contribution in [0.1, 0.15) is 70.4 Å². The van der Waals surface area contributed by atoms with Crippen LogP contribution in [0.5, 0.6) is 0 Å². The van der Waals surface area contributed by atoms with Crippen molar-refractivity contribution >= 4 is 23.6 Å². The van der Waals surface area contributed by atoms with Gasteiger partial charge in [0.2, 0.25) is 11.8 Å². The van der Waals surface area contributed by atoms with E-state index < -0.39 is 54.0 Å². The molecule has 0 aromatic heterocycles. The van der Waals surface area contributed by atoms with Crippen LogP contribution in [0.3, 0.4) is 0 Å². The minimum atomic E-state index is -4.58. The van der Waals surface area contributed by atoms with Gasteiger partial charge in [0, 0.05) is 6.54 Å². The summed E-state index contributed by atoms with van der Waals surface area (Å²) in [5, 5.41) is 7.23. The summed E-state index contributed by atoms with van der Waals surface area (Å²) in [6.45, 7) is 5.59. The fraction of sp³-hybridized carbons (Fsp3) is 0.690. The number of nitrogens with one attached hydrogen (secondary N) is 3. The number of benzene rings is 1. The van der Waals surface area contributed by atoms with Crippen LogP contribution in [0.25, 0.3) is 0 Å². The zero-order valence-corrected chi connectivity index (χ0v) is 24.6. The molecule has 230 valence electrons. The maximum atomic E-state index is 15.4. The number of ether oxygens (including phenoxy) is 1. The summed E-state index contributed by atoms with van der Waals surface area (Å²) in [5.74, 6) is -2.88. The third kappa shape index (κ3) is 10.2. The highest BCUT2D eigenvalue weighted by atomic mass is 19.4. The molecule has 0 bridgehead atoms. The van der Waals surface area contributed by atoms with Crippen molar-refractivity contribution in [3.8, 4) is 0 Å². The summed E-state index contributed by atoms with van der Waals surface area (Å²) in [5.41, 5.74) is -0.148. The Labute approximate surface area is 238 Å². The van der Waals surface area contributed by atoms with Crippen molar-refractivity contribution in [1.82, 2.24) is 15.5 Å². The van der Waals surface area contributed by atoms with Crippen molar-refractivity contribution in [3.05, 3.63) is 29.1 Å². The van der Waals surface area contributed by atoms with Crippen LogP contribution in [0.15, 0.2) is 12.1 Å². The van der Waals surface area contributed by atoms with E-state index in [0.29, 0.717) is 18.5 Å². The van der Waals surface area contributed by atoms with Crippen molar-refractivity contribution < 1.29 is 36.7 Å². The second-order valence-electron chi connectivity index (χ2n) is 12.5. The third-order valence-corrected chi connectivity index (χ3v) is 7.31. The minimum Gasteiger partial charge on any atom is -0.444 e. The van der Waals surface area contributed by atoms with Gasteiger partial charge < -0.3 is 25.6 Å². The van der Waals surface area contributed by atoms with Gasteiger partial charge in [-0.15, -0.1) is 0 Å². The number of carbonyl (C=O) groups excluding carboxylic acids is 3. The molecular formula is C29H42F4N4O4. The Bertz CT molecular complexity index is 1100. The van der Waals surface area contributed by atoms with Crippen LogP contribution in [-0.4, -0.2) is 67.8 Å². The lowest BCUT2D eigenvalue weighted by molar-refractivity contribution is -0.139. The Morgan fingerprint density at radius 1 is 1.02 bits per heavy atom. The number of amides is 3. The summed E-state index contributed by atoms with van der Waals surface area (Å²) in [4.78, 5) is 40.7. The van der Waals surface area contributed by atoms with Gasteiger partial charge in [0.05, 0.1) is 11.6 Å². The van der Waals surface area contributed by atoms with Crippen LogP contribution >= 0.6 is 0 Å². The van der Waals surface area contributed by atoms with E-state index >= 15 is 4.39 Å². The largest absolute Gasteiger partial charge is 0.444 e. The standard InChI is InChI=1S/C29H42F4N4O4/c1-16(25(38)34-15-29(31,32)33)20-14-21(30)22(13-19(20)11-12-37(5)6)35-26(39)24(36-27(40)41-28(2,3)4)23(17-7-8-17)18-9-10-18/h13-14,16-18,23-24H,7-12,15H2,1-6H3,(H,34,38)(H,35,39)(H,36,40)/t16-,24-/m0/s1. The van der Waals surface area contributed by atoms with Gasteiger partial charge in [-0.2, -0.15) is 13.2 Å². The molecule has 12 heteroatoms. The highest BCUT2D eigenvalue weighted by Gasteiger charge is 2.48. The number of rotatable bonds is 12. The Hall–Kier alpha value is -2.89. The molecular weight excluding hydrogens is 544 g/mol. The molecule has 0 radical (unpaired) electrons. The van der Waals surface area contributed by atoms with Crippen LogP contribution in [0.4, 0.5) is 28.0 Å². The molecule has 0 spiro atoms. The highest BCUT2D eigenvalue weighted by Crippen LogP contribution is 2.51. The van der Waals surface area contributed by atoms with E-state index in [9.17, 15) is 27.6 Å². The molecule has 2 saturated carbocycles. The zero-order chi connectivity index (χ0) is 30.7. The lowest BCUT2D eigenvalue weighted by atomic mass is 9.88. The fourth-order valence-electron chi connectivity index (χ4n) is 5.05. The van der Waals surface area contributed by atoms with Gasteiger partial charge in [-0.05, 0) is 115 Å². The molecule has 2 aliphatic carbocycles. The van der Waals surface area contributed by atoms with Crippen LogP contribution < -0.4 is 16.0 Å². The van der Waals surface area contributed by atoms with Crippen LogP contribution in [0.2, 0.25) is 0 Å². The number of nitrogens with zero attached hydrogens (tertiary/aromatic N) is 1. The second kappa shape index (κ2) is 13.0. The van der Waals surface area contributed by atoms with E-state index in [1.165, 1.54) is 13.0 Å². The van der Waals surface area contributed by atoms with Gasteiger partial charge in [0.1, 0.15) is 24.0 Å². The van der Waals surface area contributed by atoms with E-state index in [4.69, 9.17) is 4.74 Å². The molecule has 3 N–H and O–H groups in total. The van der Waals surface area contributed by atoms with Gasteiger partial charge in [0.15, 0.2) is 0 Å². The molecule has 2 atom stereocenters. The first-order valence-corrected chi connectivity index (χ1v) is 14.1. The predicted octanol–water partition coefficient (Wildman–Crippen LogP) is 4.98. The SMILES string of the molecule is C[C@H](C(=O)NCC(F)(F)F)c1cc(F)c(NC(=O)[C@@H](NC(=O)OC(C)(C)C)C(C2CC2)C2CC2)cc1CCN(C)C.